The van der Waals surface area contributed by atoms with Gasteiger partial charge in [0.05, 0.1) is 0 Å². The largest absolute Gasteiger partial charge is 0.389 e. The molecule has 6 heteroatoms. The third-order valence-corrected chi connectivity index (χ3v) is 2.17. The van der Waals surface area contributed by atoms with Gasteiger partial charge in [-0.25, -0.2) is 13.9 Å². The summed E-state index contributed by atoms with van der Waals surface area (Å²) < 4.78 is 21.0. The van der Waals surface area contributed by atoms with E-state index in [1.807, 2.05) is 0 Å². The lowest BCUT2D eigenvalue weighted by molar-refractivity contribution is 0.171. The normalized spacial score (nSPS) is 17.1. The standard InChI is InChI=1S/C4H4ClNO3S/c5-10(7,8)4-1-2-6-9-3-4/h1-3,6H. The molecule has 0 aromatic carbocycles. The molecule has 1 aliphatic heterocycles. The first-order valence-electron chi connectivity index (χ1n) is 2.33. The zero-order valence-electron chi connectivity index (χ0n) is 4.74. The summed E-state index contributed by atoms with van der Waals surface area (Å²) in [5, 5.41) is 0. The van der Waals surface area contributed by atoms with Gasteiger partial charge < -0.3 is 4.84 Å². The van der Waals surface area contributed by atoms with Gasteiger partial charge in [0.25, 0.3) is 9.05 Å². The van der Waals surface area contributed by atoms with E-state index < -0.39 is 9.05 Å². The lowest BCUT2D eigenvalue weighted by Crippen LogP contribution is -2.08. The summed E-state index contributed by atoms with van der Waals surface area (Å²) in [7, 11) is 1.31. The number of rotatable bonds is 1. The van der Waals surface area contributed by atoms with Crippen molar-refractivity contribution in [1.82, 2.24) is 5.48 Å². The first kappa shape index (κ1) is 7.43. The van der Waals surface area contributed by atoms with Crippen LogP contribution in [0.3, 0.4) is 0 Å². The van der Waals surface area contributed by atoms with Crippen LogP contribution in [0.5, 0.6) is 0 Å². The van der Waals surface area contributed by atoms with Crippen molar-refractivity contribution in [1.29, 1.82) is 0 Å². The van der Waals surface area contributed by atoms with E-state index in [0.29, 0.717) is 0 Å². The molecule has 0 unspecified atom stereocenters. The number of allylic oxidation sites excluding steroid dienone is 1. The SMILES string of the molecule is O=S(=O)(Cl)C1=CONC=C1. The van der Waals surface area contributed by atoms with Gasteiger partial charge in [-0.2, -0.15) is 0 Å². The fourth-order valence-corrected chi connectivity index (χ4v) is 1.08. The molecule has 1 heterocycles. The van der Waals surface area contributed by atoms with Crippen molar-refractivity contribution in [3.05, 3.63) is 23.4 Å². The van der Waals surface area contributed by atoms with Crippen LogP contribution in [0.15, 0.2) is 23.4 Å². The molecular formula is C4H4ClNO3S. The van der Waals surface area contributed by atoms with Gasteiger partial charge >= 0.3 is 0 Å². The van der Waals surface area contributed by atoms with Crippen LogP contribution in [-0.4, -0.2) is 8.42 Å². The Morgan fingerprint density at radius 2 is 2.30 bits per heavy atom. The lowest BCUT2D eigenvalue weighted by Gasteiger charge is -2.04. The molecule has 1 rings (SSSR count). The van der Waals surface area contributed by atoms with Crippen LogP contribution in [0.25, 0.3) is 0 Å². The van der Waals surface area contributed by atoms with Crippen molar-refractivity contribution >= 4 is 19.7 Å². The van der Waals surface area contributed by atoms with E-state index in [-0.39, 0.29) is 4.91 Å². The molecule has 0 saturated carbocycles. The Labute approximate surface area is 62.5 Å². The minimum absolute atomic E-state index is 0.0621. The van der Waals surface area contributed by atoms with Gasteiger partial charge in [-0.1, -0.05) is 0 Å². The second-order valence-electron chi connectivity index (χ2n) is 1.53. The molecule has 0 aromatic heterocycles. The highest BCUT2D eigenvalue weighted by Crippen LogP contribution is 2.14. The van der Waals surface area contributed by atoms with Crippen molar-refractivity contribution in [2.24, 2.45) is 0 Å². The molecule has 0 radical (unpaired) electrons. The van der Waals surface area contributed by atoms with E-state index in [9.17, 15) is 8.42 Å². The number of hydroxylamine groups is 1. The first-order chi connectivity index (χ1) is 4.61. The summed E-state index contributed by atoms with van der Waals surface area (Å²) in [6.45, 7) is 0. The second-order valence-corrected chi connectivity index (χ2v) is 4.09. The maximum Gasteiger partial charge on any atom is 0.264 e. The van der Waals surface area contributed by atoms with E-state index in [1.54, 1.807) is 0 Å². The molecule has 56 valence electrons. The van der Waals surface area contributed by atoms with Crippen molar-refractivity contribution in [3.8, 4) is 0 Å². The maximum atomic E-state index is 10.5. The van der Waals surface area contributed by atoms with Gasteiger partial charge in [0.1, 0.15) is 11.2 Å². The minimum atomic E-state index is -3.64. The highest BCUT2D eigenvalue weighted by Gasteiger charge is 2.12. The average Bonchev–Trinajstić information content (AvgIpc) is 1.88. The highest BCUT2D eigenvalue weighted by molar-refractivity contribution is 8.17. The number of hydrogen-bond acceptors (Lipinski definition) is 4. The molecule has 0 saturated heterocycles. The molecule has 0 atom stereocenters. The third-order valence-electron chi connectivity index (χ3n) is 0.840. The zero-order valence-corrected chi connectivity index (χ0v) is 6.32. The van der Waals surface area contributed by atoms with E-state index in [1.165, 1.54) is 12.3 Å². The molecule has 4 nitrogen and oxygen atoms in total. The summed E-state index contributed by atoms with van der Waals surface area (Å²) in [6.07, 6.45) is 3.64. The van der Waals surface area contributed by atoms with Gasteiger partial charge in [-0.15, -0.1) is 0 Å². The second kappa shape index (κ2) is 2.51. The van der Waals surface area contributed by atoms with E-state index in [4.69, 9.17) is 10.7 Å². The van der Waals surface area contributed by atoms with Crippen LogP contribution in [0.4, 0.5) is 0 Å². The van der Waals surface area contributed by atoms with Crippen molar-refractivity contribution in [2.75, 3.05) is 0 Å². The third kappa shape index (κ3) is 1.65. The summed E-state index contributed by atoms with van der Waals surface area (Å²) >= 11 is 0. The fourth-order valence-electron chi connectivity index (χ4n) is 0.426. The van der Waals surface area contributed by atoms with Crippen molar-refractivity contribution in [2.45, 2.75) is 0 Å². The number of hydrogen-bond donors (Lipinski definition) is 1. The van der Waals surface area contributed by atoms with Crippen molar-refractivity contribution < 1.29 is 13.3 Å². The fraction of sp³-hybridized carbons (Fsp3) is 0. The molecule has 0 aromatic rings. The summed E-state index contributed by atoms with van der Waals surface area (Å²) in [5.41, 5.74) is 2.31. The van der Waals surface area contributed by atoms with E-state index >= 15 is 0 Å². The van der Waals surface area contributed by atoms with Gasteiger partial charge in [-0.3, -0.25) is 0 Å². The van der Waals surface area contributed by atoms with Crippen molar-refractivity contribution in [3.63, 3.8) is 0 Å². The Kier molecular flexibility index (Phi) is 1.87. The molecule has 0 aliphatic carbocycles. The molecule has 0 amide bonds. The first-order valence-corrected chi connectivity index (χ1v) is 4.64. The van der Waals surface area contributed by atoms with Crippen LogP contribution >= 0.6 is 10.7 Å². The van der Waals surface area contributed by atoms with Gasteiger partial charge in [0.2, 0.25) is 0 Å². The topological polar surface area (TPSA) is 55.4 Å². The maximum absolute atomic E-state index is 10.5. The van der Waals surface area contributed by atoms with Crippen LogP contribution in [0.1, 0.15) is 0 Å². The van der Waals surface area contributed by atoms with Crippen LogP contribution in [0, 0.1) is 0 Å². The predicted octanol–water partition coefficient (Wildman–Crippen LogP) is 0.445. The van der Waals surface area contributed by atoms with Crippen LogP contribution in [-0.2, 0) is 13.9 Å². The number of nitrogens with one attached hydrogen (secondary N) is 1. The quantitative estimate of drug-likeness (QED) is 0.597. The average molecular weight is 182 g/mol. The van der Waals surface area contributed by atoms with Gasteiger partial charge in [-0.05, 0) is 6.08 Å². The Hall–Kier alpha value is -0.680. The molecule has 0 fully saturated rings. The Balaban J connectivity index is 2.94. The summed E-state index contributed by atoms with van der Waals surface area (Å²) in [6, 6.07) is 0. The van der Waals surface area contributed by atoms with E-state index in [0.717, 1.165) is 6.26 Å². The summed E-state index contributed by atoms with van der Waals surface area (Å²) in [4.78, 5) is 4.38. The zero-order chi connectivity index (χ0) is 7.61. The molecule has 1 aliphatic rings. The Bertz CT molecular complexity index is 279. The Morgan fingerprint density at radius 1 is 1.60 bits per heavy atom. The monoisotopic (exact) mass is 181 g/mol. The number of halogens is 1. The minimum Gasteiger partial charge on any atom is -0.389 e. The Morgan fingerprint density at radius 3 is 2.60 bits per heavy atom. The smallest absolute Gasteiger partial charge is 0.264 e. The molecule has 0 bridgehead atoms. The molecule has 1 N–H and O–H groups in total. The summed E-state index contributed by atoms with van der Waals surface area (Å²) in [5.74, 6) is 0. The predicted molar refractivity (Wildman–Crippen MR) is 36.2 cm³/mol. The van der Waals surface area contributed by atoms with Crippen LogP contribution in [0.2, 0.25) is 0 Å². The van der Waals surface area contributed by atoms with Crippen LogP contribution < -0.4 is 5.48 Å². The molecular weight excluding hydrogens is 178 g/mol. The molecule has 10 heavy (non-hydrogen) atoms. The highest BCUT2D eigenvalue weighted by atomic mass is 35.7. The van der Waals surface area contributed by atoms with E-state index in [2.05, 4.69) is 10.3 Å². The van der Waals surface area contributed by atoms with Gasteiger partial charge in [0.15, 0.2) is 0 Å². The van der Waals surface area contributed by atoms with Gasteiger partial charge in [0, 0.05) is 16.9 Å². The molecule has 0 spiro atoms. The lowest BCUT2D eigenvalue weighted by atomic mass is 10.6.